The van der Waals surface area contributed by atoms with Crippen molar-refractivity contribution >= 4 is 38.3 Å². The predicted octanol–water partition coefficient (Wildman–Crippen LogP) is 5.29. The zero-order valence-electron chi connectivity index (χ0n) is 19.2. The van der Waals surface area contributed by atoms with Crippen LogP contribution in [0, 0.1) is 11.7 Å². The first-order valence-electron chi connectivity index (χ1n) is 11.6. The molecule has 0 atom stereocenters. The second-order valence-corrected chi connectivity index (χ2v) is 10.9. The first-order chi connectivity index (χ1) is 16.8. The van der Waals surface area contributed by atoms with Crippen LogP contribution in [0.4, 0.5) is 4.39 Å². The van der Waals surface area contributed by atoms with Crippen molar-refractivity contribution in [2.45, 2.75) is 37.0 Å². The minimum absolute atomic E-state index is 0.128. The molecule has 8 heteroatoms. The number of carbonyl (C=O) groups is 2. The number of allylic oxidation sites excluding steroid dienone is 1. The third-order valence-electron chi connectivity index (χ3n) is 6.72. The molecular weight excluding hydrogens is 469 g/mol. The average Bonchev–Trinajstić information content (AvgIpc) is 2.87. The molecule has 2 aliphatic rings. The van der Waals surface area contributed by atoms with E-state index in [-0.39, 0.29) is 33.4 Å². The first kappa shape index (κ1) is 23.2. The van der Waals surface area contributed by atoms with Gasteiger partial charge in [0.2, 0.25) is 5.78 Å². The fourth-order valence-electron chi connectivity index (χ4n) is 4.78. The van der Waals surface area contributed by atoms with Gasteiger partial charge in [0.25, 0.3) is 10.0 Å². The highest BCUT2D eigenvalue weighted by Gasteiger charge is 2.41. The molecule has 0 bridgehead atoms. The number of halogens is 1. The summed E-state index contributed by atoms with van der Waals surface area (Å²) in [5.74, 6) is -2.46. The number of ketones is 1. The third-order valence-corrected chi connectivity index (χ3v) is 8.54. The van der Waals surface area contributed by atoms with Crippen LogP contribution in [0.15, 0.2) is 71.3 Å². The number of rotatable bonds is 4. The van der Waals surface area contributed by atoms with Crippen molar-refractivity contribution in [3.05, 3.63) is 83.3 Å². The van der Waals surface area contributed by atoms with Crippen molar-refractivity contribution in [1.29, 1.82) is 0 Å². The van der Waals surface area contributed by atoms with Gasteiger partial charge in [-0.25, -0.2) is 12.8 Å². The topological polar surface area (TPSA) is 80.8 Å². The third kappa shape index (κ3) is 4.12. The van der Waals surface area contributed by atoms with Gasteiger partial charge in [-0.15, -0.1) is 0 Å². The lowest BCUT2D eigenvalue weighted by atomic mass is 9.89. The summed E-state index contributed by atoms with van der Waals surface area (Å²) >= 11 is 0. The molecule has 1 fully saturated rings. The van der Waals surface area contributed by atoms with E-state index in [1.54, 1.807) is 18.2 Å². The molecule has 0 saturated heterocycles. The monoisotopic (exact) mass is 493 g/mol. The lowest BCUT2D eigenvalue weighted by Gasteiger charge is -2.31. The lowest BCUT2D eigenvalue weighted by molar-refractivity contribution is -0.142. The Morgan fingerprint density at radius 3 is 2.40 bits per heavy atom. The molecule has 35 heavy (non-hydrogen) atoms. The highest BCUT2D eigenvalue weighted by Crippen LogP contribution is 2.39. The molecule has 0 unspecified atom stereocenters. The molecule has 1 aliphatic heterocycles. The van der Waals surface area contributed by atoms with Crippen molar-refractivity contribution in [3.63, 3.8) is 0 Å². The summed E-state index contributed by atoms with van der Waals surface area (Å²) in [7, 11) is -2.94. The van der Waals surface area contributed by atoms with Gasteiger partial charge in [-0.1, -0.05) is 55.7 Å². The van der Waals surface area contributed by atoms with Crippen LogP contribution in [0.1, 0.15) is 48.0 Å². The second-order valence-electron chi connectivity index (χ2n) is 8.94. The van der Waals surface area contributed by atoms with Gasteiger partial charge in [0.15, 0.2) is 5.76 Å². The van der Waals surface area contributed by atoms with Crippen LogP contribution < -0.4 is 0 Å². The van der Waals surface area contributed by atoms with E-state index >= 15 is 0 Å². The number of carbonyl (C=O) groups excluding carboxylic acids is 2. The van der Waals surface area contributed by atoms with Crippen LogP contribution in [0.25, 0.3) is 16.5 Å². The van der Waals surface area contributed by atoms with Crippen molar-refractivity contribution in [2.24, 2.45) is 5.92 Å². The van der Waals surface area contributed by atoms with Gasteiger partial charge >= 0.3 is 5.97 Å². The number of sulfonamides is 1. The number of nitrogens with zero attached hydrogens (tertiary/aromatic N) is 1. The van der Waals surface area contributed by atoms with Crippen molar-refractivity contribution in [1.82, 2.24) is 4.31 Å². The van der Waals surface area contributed by atoms with Gasteiger partial charge in [0.1, 0.15) is 11.5 Å². The maximum atomic E-state index is 14.3. The molecule has 6 nitrogen and oxygen atoms in total. The number of esters is 1. The SMILES string of the molecule is CN1C(C(=O)c2ccc3ccccc3c2)=C(OC(=O)C2CCCCC2)c2cc(F)ccc2S1(=O)=O. The molecule has 5 rings (SSSR count). The van der Waals surface area contributed by atoms with Crippen LogP contribution >= 0.6 is 0 Å². The maximum Gasteiger partial charge on any atom is 0.314 e. The van der Waals surface area contributed by atoms with Gasteiger partial charge < -0.3 is 4.74 Å². The van der Waals surface area contributed by atoms with Crippen LogP contribution in [-0.4, -0.2) is 31.5 Å². The Kier molecular flexibility index (Phi) is 5.92. The van der Waals surface area contributed by atoms with E-state index in [2.05, 4.69) is 0 Å². The highest BCUT2D eigenvalue weighted by atomic mass is 32.2. The van der Waals surface area contributed by atoms with Gasteiger partial charge in [0.05, 0.1) is 10.8 Å². The number of Topliss-reactive ketones (excluding diaryl/α,β-unsaturated/α-hetero) is 1. The number of fused-ring (bicyclic) bond motifs is 2. The van der Waals surface area contributed by atoms with E-state index in [4.69, 9.17) is 4.74 Å². The molecule has 0 N–H and O–H groups in total. The molecule has 1 heterocycles. The van der Waals surface area contributed by atoms with Gasteiger partial charge in [0, 0.05) is 18.2 Å². The smallest absolute Gasteiger partial charge is 0.314 e. The molecule has 0 radical (unpaired) electrons. The van der Waals surface area contributed by atoms with E-state index in [0.717, 1.165) is 52.5 Å². The van der Waals surface area contributed by atoms with Crippen LogP contribution in [0.3, 0.4) is 0 Å². The summed E-state index contributed by atoms with van der Waals surface area (Å²) in [5.41, 5.74) is -0.217. The Balaban J connectivity index is 1.68. The summed E-state index contributed by atoms with van der Waals surface area (Å²) in [6.07, 6.45) is 4.13. The normalized spacial score (nSPS) is 17.8. The summed E-state index contributed by atoms with van der Waals surface area (Å²) < 4.78 is 47.4. The number of benzene rings is 3. The van der Waals surface area contributed by atoms with Gasteiger partial charge in [-0.3, -0.25) is 13.9 Å². The number of hydrogen-bond donors (Lipinski definition) is 0. The van der Waals surface area contributed by atoms with Crippen LogP contribution in [-0.2, 0) is 19.6 Å². The molecule has 0 spiro atoms. The second kappa shape index (κ2) is 8.92. The molecular formula is C27H24FNO5S. The lowest BCUT2D eigenvalue weighted by Crippen LogP contribution is -2.36. The predicted molar refractivity (Wildman–Crippen MR) is 129 cm³/mol. The van der Waals surface area contributed by atoms with E-state index in [1.807, 2.05) is 24.3 Å². The summed E-state index contributed by atoms with van der Waals surface area (Å²) in [4.78, 5) is 26.6. The summed E-state index contributed by atoms with van der Waals surface area (Å²) in [6, 6.07) is 15.6. The van der Waals surface area contributed by atoms with E-state index < -0.39 is 27.6 Å². The zero-order chi connectivity index (χ0) is 24.7. The number of likely N-dealkylation sites (N-methyl/N-ethyl adjacent to an activating group) is 1. The molecule has 0 amide bonds. The Labute approximate surface area is 203 Å². The van der Waals surface area contributed by atoms with Crippen molar-refractivity contribution in [3.8, 4) is 0 Å². The van der Waals surface area contributed by atoms with Crippen molar-refractivity contribution < 1.29 is 27.1 Å². The quantitative estimate of drug-likeness (QED) is 0.365. The minimum Gasteiger partial charge on any atom is -0.423 e. The fraction of sp³-hybridized carbons (Fsp3) is 0.259. The Hall–Kier alpha value is -3.52. The number of ether oxygens (including phenoxy) is 1. The fourth-order valence-corrected chi connectivity index (χ4v) is 6.15. The molecule has 180 valence electrons. The van der Waals surface area contributed by atoms with Gasteiger partial charge in [-0.05, 0) is 47.9 Å². The minimum atomic E-state index is -4.18. The maximum absolute atomic E-state index is 14.3. The molecule has 3 aromatic carbocycles. The first-order valence-corrected chi connectivity index (χ1v) is 13.0. The largest absolute Gasteiger partial charge is 0.423 e. The highest BCUT2D eigenvalue weighted by molar-refractivity contribution is 7.89. The average molecular weight is 494 g/mol. The Morgan fingerprint density at radius 2 is 1.66 bits per heavy atom. The van der Waals surface area contributed by atoms with E-state index in [1.165, 1.54) is 7.05 Å². The Bertz CT molecular complexity index is 1490. The van der Waals surface area contributed by atoms with E-state index in [9.17, 15) is 22.4 Å². The molecule has 0 aromatic heterocycles. The number of hydrogen-bond acceptors (Lipinski definition) is 5. The van der Waals surface area contributed by atoms with E-state index in [0.29, 0.717) is 12.8 Å². The Morgan fingerprint density at radius 1 is 0.943 bits per heavy atom. The van der Waals surface area contributed by atoms with Crippen LogP contribution in [0.5, 0.6) is 0 Å². The molecule has 1 saturated carbocycles. The molecule has 1 aliphatic carbocycles. The summed E-state index contributed by atoms with van der Waals surface area (Å²) in [5, 5.41) is 1.71. The van der Waals surface area contributed by atoms with Gasteiger partial charge in [-0.2, -0.15) is 0 Å². The summed E-state index contributed by atoms with van der Waals surface area (Å²) in [6.45, 7) is 0. The van der Waals surface area contributed by atoms with Crippen molar-refractivity contribution in [2.75, 3.05) is 7.05 Å². The zero-order valence-corrected chi connectivity index (χ0v) is 20.0. The standard InChI is InChI=1S/C27H24FNO5S/c1-29-24(25(30)20-12-11-17-7-5-6-10-19(17)15-20)26(34-27(31)18-8-3-2-4-9-18)22-16-21(28)13-14-23(22)35(29,32)33/h5-7,10-16,18H,2-4,8-9H2,1H3. The molecule has 3 aromatic rings. The van der Waals surface area contributed by atoms with Crippen LogP contribution in [0.2, 0.25) is 0 Å².